The van der Waals surface area contributed by atoms with Crippen LogP contribution in [0.4, 0.5) is 10.7 Å². The number of esters is 1. The van der Waals surface area contributed by atoms with E-state index in [1.54, 1.807) is 13.0 Å². The number of carbonyl (C=O) groups is 2. The maximum atomic E-state index is 12.3. The SMILES string of the molecule is CCOC(=O)c1cc(CC)sc1NC(=O)c1ccc([N+](=O)[O-])cc1. The molecule has 126 valence electrons. The Morgan fingerprint density at radius 2 is 1.92 bits per heavy atom. The van der Waals surface area contributed by atoms with Crippen molar-refractivity contribution >= 4 is 33.9 Å². The third-order valence-corrected chi connectivity index (χ3v) is 4.39. The number of thiophene rings is 1. The van der Waals surface area contributed by atoms with Gasteiger partial charge >= 0.3 is 5.97 Å². The molecule has 0 spiro atoms. The highest BCUT2D eigenvalue weighted by molar-refractivity contribution is 7.16. The van der Waals surface area contributed by atoms with Crippen LogP contribution in [0, 0.1) is 10.1 Å². The van der Waals surface area contributed by atoms with Gasteiger partial charge in [-0.05, 0) is 31.5 Å². The van der Waals surface area contributed by atoms with Crippen molar-refractivity contribution in [2.75, 3.05) is 11.9 Å². The van der Waals surface area contributed by atoms with Gasteiger partial charge in [0.25, 0.3) is 11.6 Å². The van der Waals surface area contributed by atoms with E-state index in [9.17, 15) is 19.7 Å². The fourth-order valence-electron chi connectivity index (χ4n) is 1.98. The number of aryl methyl sites for hydroxylation is 1. The van der Waals surface area contributed by atoms with Gasteiger partial charge < -0.3 is 10.1 Å². The third-order valence-electron chi connectivity index (χ3n) is 3.19. The highest BCUT2D eigenvalue weighted by Gasteiger charge is 2.19. The monoisotopic (exact) mass is 348 g/mol. The molecule has 8 heteroatoms. The summed E-state index contributed by atoms with van der Waals surface area (Å²) in [4.78, 5) is 35.3. The quantitative estimate of drug-likeness (QED) is 0.488. The summed E-state index contributed by atoms with van der Waals surface area (Å²) in [6.45, 7) is 3.90. The second-order valence-corrected chi connectivity index (χ2v) is 5.92. The fraction of sp³-hybridized carbons (Fsp3) is 0.250. The third kappa shape index (κ3) is 3.96. The van der Waals surface area contributed by atoms with Crippen LogP contribution >= 0.6 is 11.3 Å². The highest BCUT2D eigenvalue weighted by atomic mass is 32.1. The number of anilines is 1. The van der Waals surface area contributed by atoms with Crippen LogP contribution in [0.15, 0.2) is 30.3 Å². The number of carbonyl (C=O) groups excluding carboxylic acids is 2. The van der Waals surface area contributed by atoms with Crippen LogP contribution in [-0.2, 0) is 11.2 Å². The molecule has 0 saturated heterocycles. The van der Waals surface area contributed by atoms with Crippen molar-refractivity contribution in [2.45, 2.75) is 20.3 Å². The molecule has 1 aromatic carbocycles. The Balaban J connectivity index is 2.23. The Morgan fingerprint density at radius 3 is 2.46 bits per heavy atom. The van der Waals surface area contributed by atoms with E-state index in [2.05, 4.69) is 5.32 Å². The van der Waals surface area contributed by atoms with Crippen LogP contribution in [0.2, 0.25) is 0 Å². The van der Waals surface area contributed by atoms with Gasteiger partial charge in [-0.2, -0.15) is 0 Å². The van der Waals surface area contributed by atoms with E-state index < -0.39 is 16.8 Å². The van der Waals surface area contributed by atoms with Crippen LogP contribution in [0.25, 0.3) is 0 Å². The van der Waals surface area contributed by atoms with Gasteiger partial charge in [-0.15, -0.1) is 11.3 Å². The summed E-state index contributed by atoms with van der Waals surface area (Å²) in [6.07, 6.45) is 0.727. The van der Waals surface area contributed by atoms with Gasteiger partial charge in [0.15, 0.2) is 0 Å². The van der Waals surface area contributed by atoms with E-state index >= 15 is 0 Å². The summed E-state index contributed by atoms with van der Waals surface area (Å²) in [5.74, 6) is -0.938. The molecule has 0 aliphatic carbocycles. The number of amides is 1. The first-order valence-corrected chi connectivity index (χ1v) is 8.13. The van der Waals surface area contributed by atoms with Gasteiger partial charge in [-0.3, -0.25) is 14.9 Å². The lowest BCUT2D eigenvalue weighted by Gasteiger charge is -2.06. The molecule has 7 nitrogen and oxygen atoms in total. The second-order valence-electron chi connectivity index (χ2n) is 4.79. The minimum absolute atomic E-state index is 0.0943. The first-order chi connectivity index (χ1) is 11.5. The number of hydrogen-bond acceptors (Lipinski definition) is 6. The van der Waals surface area contributed by atoms with E-state index in [0.29, 0.717) is 10.6 Å². The molecule has 0 aliphatic heterocycles. The van der Waals surface area contributed by atoms with Crippen LogP contribution in [0.1, 0.15) is 39.4 Å². The molecule has 0 bridgehead atoms. The lowest BCUT2D eigenvalue weighted by atomic mass is 10.2. The Morgan fingerprint density at radius 1 is 1.25 bits per heavy atom. The molecular weight excluding hydrogens is 332 g/mol. The first kappa shape index (κ1) is 17.6. The van der Waals surface area contributed by atoms with Gasteiger partial charge in [0.2, 0.25) is 0 Å². The van der Waals surface area contributed by atoms with Crippen LogP contribution in [-0.4, -0.2) is 23.4 Å². The Bertz CT molecular complexity index is 767. The molecule has 1 amide bonds. The van der Waals surface area contributed by atoms with Crippen molar-refractivity contribution in [3.63, 3.8) is 0 Å². The minimum Gasteiger partial charge on any atom is -0.462 e. The zero-order valence-electron chi connectivity index (χ0n) is 13.2. The van der Waals surface area contributed by atoms with Crippen molar-refractivity contribution in [1.29, 1.82) is 0 Å². The smallest absolute Gasteiger partial charge is 0.341 e. The molecule has 0 atom stereocenters. The molecule has 1 heterocycles. The molecule has 0 aliphatic rings. The van der Waals surface area contributed by atoms with E-state index in [4.69, 9.17) is 4.74 Å². The van der Waals surface area contributed by atoms with Crippen molar-refractivity contribution in [3.8, 4) is 0 Å². The van der Waals surface area contributed by atoms with Crippen molar-refractivity contribution in [2.24, 2.45) is 0 Å². The van der Waals surface area contributed by atoms with Gasteiger partial charge in [-0.25, -0.2) is 4.79 Å². The number of nitro benzene ring substituents is 1. The highest BCUT2D eigenvalue weighted by Crippen LogP contribution is 2.30. The molecule has 0 fully saturated rings. The van der Waals surface area contributed by atoms with E-state index in [1.807, 2.05) is 6.92 Å². The maximum absolute atomic E-state index is 12.3. The number of rotatable bonds is 6. The van der Waals surface area contributed by atoms with Crippen LogP contribution in [0.5, 0.6) is 0 Å². The zero-order valence-corrected chi connectivity index (χ0v) is 14.0. The summed E-state index contributed by atoms with van der Waals surface area (Å²) in [7, 11) is 0. The second kappa shape index (κ2) is 7.69. The molecule has 0 saturated carbocycles. The average Bonchev–Trinajstić information content (AvgIpc) is 2.98. The summed E-state index contributed by atoms with van der Waals surface area (Å²) < 4.78 is 5.00. The van der Waals surface area contributed by atoms with Crippen molar-refractivity contribution < 1.29 is 19.2 Å². The number of hydrogen-bond donors (Lipinski definition) is 1. The first-order valence-electron chi connectivity index (χ1n) is 7.31. The molecular formula is C16H16N2O5S. The Kier molecular flexibility index (Phi) is 5.64. The predicted octanol–water partition coefficient (Wildman–Crippen LogP) is 3.65. The number of nitrogens with one attached hydrogen (secondary N) is 1. The molecule has 2 aromatic rings. The largest absolute Gasteiger partial charge is 0.462 e. The fourth-order valence-corrected chi connectivity index (χ4v) is 2.96. The molecule has 1 aromatic heterocycles. The van der Waals surface area contributed by atoms with Crippen molar-refractivity contribution in [3.05, 3.63) is 56.5 Å². The number of non-ortho nitro benzene ring substituents is 1. The Labute approximate surface area is 142 Å². The van der Waals surface area contributed by atoms with E-state index in [-0.39, 0.29) is 17.9 Å². The molecule has 24 heavy (non-hydrogen) atoms. The summed E-state index contributed by atoms with van der Waals surface area (Å²) in [5, 5.41) is 13.7. The van der Waals surface area contributed by atoms with Gasteiger partial charge in [0.1, 0.15) is 5.00 Å². The molecule has 1 N–H and O–H groups in total. The summed E-state index contributed by atoms with van der Waals surface area (Å²) in [6, 6.07) is 6.95. The number of nitrogens with zero attached hydrogens (tertiary/aromatic N) is 1. The number of nitro groups is 1. The topological polar surface area (TPSA) is 98.5 Å². The standard InChI is InChI=1S/C16H16N2O5S/c1-3-12-9-13(16(20)23-4-2)15(24-12)17-14(19)10-5-7-11(8-6-10)18(21)22/h5-9H,3-4H2,1-2H3,(H,17,19). The van der Waals surface area contributed by atoms with Crippen molar-refractivity contribution in [1.82, 2.24) is 0 Å². The Hall–Kier alpha value is -2.74. The average molecular weight is 348 g/mol. The molecule has 0 radical (unpaired) electrons. The summed E-state index contributed by atoms with van der Waals surface area (Å²) in [5.41, 5.74) is 0.485. The molecule has 2 rings (SSSR count). The molecule has 0 unspecified atom stereocenters. The van der Waals surface area contributed by atoms with Gasteiger partial charge in [0.05, 0.1) is 17.1 Å². The van der Waals surface area contributed by atoms with Crippen LogP contribution in [0.3, 0.4) is 0 Å². The number of benzene rings is 1. The van der Waals surface area contributed by atoms with Gasteiger partial charge in [-0.1, -0.05) is 6.92 Å². The van der Waals surface area contributed by atoms with Gasteiger partial charge in [0, 0.05) is 22.6 Å². The predicted molar refractivity (Wildman–Crippen MR) is 90.7 cm³/mol. The van der Waals surface area contributed by atoms with Crippen LogP contribution < -0.4 is 5.32 Å². The van der Waals surface area contributed by atoms with E-state index in [1.165, 1.54) is 35.6 Å². The zero-order chi connectivity index (χ0) is 17.7. The number of ether oxygens (including phenoxy) is 1. The maximum Gasteiger partial charge on any atom is 0.341 e. The normalized spacial score (nSPS) is 10.2. The lowest BCUT2D eigenvalue weighted by Crippen LogP contribution is -2.14. The lowest BCUT2D eigenvalue weighted by molar-refractivity contribution is -0.384. The van der Waals surface area contributed by atoms with E-state index in [0.717, 1.165) is 11.3 Å². The summed E-state index contributed by atoms with van der Waals surface area (Å²) >= 11 is 1.30. The minimum atomic E-state index is -0.534.